The largest absolute Gasteiger partial charge is 0.480 e. The molecule has 0 aromatic heterocycles. The quantitative estimate of drug-likeness (QED) is 0.0981. The summed E-state index contributed by atoms with van der Waals surface area (Å²) in [5.74, 6) is -5.56. The lowest BCUT2D eigenvalue weighted by Gasteiger charge is -2.31. The van der Waals surface area contributed by atoms with E-state index < -0.39 is 59.9 Å². The summed E-state index contributed by atoms with van der Waals surface area (Å²) in [5, 5.41) is 22.6. The number of benzene rings is 4. The molecule has 4 rings (SSSR count). The van der Waals surface area contributed by atoms with Crippen molar-refractivity contribution in [2.75, 3.05) is 11.9 Å². The molecule has 3 N–H and O–H groups in total. The summed E-state index contributed by atoms with van der Waals surface area (Å²) < 4.78 is 44.7. The lowest BCUT2D eigenvalue weighted by atomic mass is 9.81. The lowest BCUT2D eigenvalue weighted by Crippen LogP contribution is -2.48. The van der Waals surface area contributed by atoms with Gasteiger partial charge in [-0.3, -0.25) is 24.0 Å². The van der Waals surface area contributed by atoms with E-state index in [9.17, 15) is 47.4 Å². The molecule has 0 heterocycles. The number of carboxylic acids is 2. The zero-order chi connectivity index (χ0) is 38.4. The number of rotatable bonds is 13. The van der Waals surface area contributed by atoms with Gasteiger partial charge in [0, 0.05) is 17.6 Å². The van der Waals surface area contributed by atoms with Crippen LogP contribution in [0.1, 0.15) is 65.1 Å². The highest BCUT2D eigenvalue weighted by molar-refractivity contribution is 6.12. The third kappa shape index (κ3) is 8.48. The highest BCUT2D eigenvalue weighted by Gasteiger charge is 2.50. The maximum atomic E-state index is 14.0. The van der Waals surface area contributed by atoms with Gasteiger partial charge in [-0.05, 0) is 80.3 Å². The van der Waals surface area contributed by atoms with Crippen LogP contribution in [0.4, 0.5) is 18.9 Å². The van der Waals surface area contributed by atoms with Crippen molar-refractivity contribution in [3.63, 3.8) is 0 Å². The van der Waals surface area contributed by atoms with E-state index in [1.165, 1.54) is 60.7 Å². The number of alkyl halides is 3. The molecule has 0 aliphatic rings. The van der Waals surface area contributed by atoms with E-state index in [2.05, 4.69) is 5.32 Å². The minimum Gasteiger partial charge on any atom is -0.480 e. The fourth-order valence-corrected chi connectivity index (χ4v) is 5.83. The predicted molar refractivity (Wildman–Crippen MR) is 186 cm³/mol. The Labute approximate surface area is 297 Å². The Kier molecular flexibility index (Phi) is 11.9. The SMILES string of the molecule is CC(C)N(C(=O)c1cc(CC(=O)OCC(C(=O)O)(C(=O)O)c2ccccc2)ccc1NC(=O)c1ccccc1-c1ccc(C(F)(F)F)cc1)C(C)C. The Morgan fingerprint density at radius 2 is 1.31 bits per heavy atom. The molecule has 0 aliphatic heterocycles. The number of nitrogens with one attached hydrogen (secondary N) is 1. The lowest BCUT2D eigenvalue weighted by molar-refractivity contribution is -0.164. The molecule has 2 amide bonds. The molecular weight excluding hydrogens is 681 g/mol. The Hall–Kier alpha value is -5.98. The van der Waals surface area contributed by atoms with E-state index >= 15 is 0 Å². The van der Waals surface area contributed by atoms with Crippen molar-refractivity contribution in [2.24, 2.45) is 0 Å². The maximum Gasteiger partial charge on any atom is 0.416 e. The molecule has 0 atom stereocenters. The summed E-state index contributed by atoms with van der Waals surface area (Å²) in [6.45, 7) is 6.22. The Morgan fingerprint density at radius 1 is 0.731 bits per heavy atom. The summed E-state index contributed by atoms with van der Waals surface area (Å²) in [6.07, 6.45) is -5.01. The number of carbonyl (C=O) groups is 5. The first kappa shape index (κ1) is 38.8. The molecule has 0 bridgehead atoms. The summed E-state index contributed by atoms with van der Waals surface area (Å²) >= 11 is 0. The van der Waals surface area contributed by atoms with Crippen LogP contribution in [0.15, 0.2) is 97.1 Å². The fraction of sp³-hybridized carbons (Fsp3) is 0.256. The monoisotopic (exact) mass is 718 g/mol. The maximum absolute atomic E-state index is 14.0. The Bertz CT molecular complexity index is 1940. The molecule has 52 heavy (non-hydrogen) atoms. The molecule has 4 aromatic rings. The number of halogens is 3. The van der Waals surface area contributed by atoms with Gasteiger partial charge < -0.3 is 25.2 Å². The van der Waals surface area contributed by atoms with Crippen molar-refractivity contribution in [1.29, 1.82) is 0 Å². The minimum atomic E-state index is -4.54. The van der Waals surface area contributed by atoms with E-state index in [1.807, 2.05) is 27.7 Å². The van der Waals surface area contributed by atoms with Crippen molar-refractivity contribution in [3.8, 4) is 11.1 Å². The average molecular weight is 719 g/mol. The zero-order valence-electron chi connectivity index (χ0n) is 28.7. The van der Waals surface area contributed by atoms with Crippen molar-refractivity contribution in [2.45, 2.75) is 57.8 Å². The summed E-state index contributed by atoms with van der Waals surface area (Å²) in [7, 11) is 0. The standard InChI is InChI=1S/C39H37F3N2O8/c1-23(2)44(24(3)4)35(47)31-20-25(21-33(45)52-22-38(36(48)49,37(50)51)27-10-6-5-7-11-27)14-19-32(31)43-34(46)30-13-9-8-12-29(30)26-15-17-28(18-16-26)39(40,41)42/h5-20,23-24H,21-22H2,1-4H3,(H,43,46)(H,48,49)(H,50,51). The van der Waals surface area contributed by atoms with Crippen LogP contribution in [-0.4, -0.2) is 63.5 Å². The minimum absolute atomic E-state index is 0.0164. The van der Waals surface area contributed by atoms with Crippen molar-refractivity contribution >= 4 is 35.4 Å². The van der Waals surface area contributed by atoms with Gasteiger partial charge in [0.05, 0.1) is 23.2 Å². The van der Waals surface area contributed by atoms with E-state index in [-0.39, 0.29) is 40.0 Å². The first-order valence-corrected chi connectivity index (χ1v) is 16.2. The predicted octanol–water partition coefficient (Wildman–Crippen LogP) is 7.08. The van der Waals surface area contributed by atoms with Gasteiger partial charge in [0.25, 0.3) is 11.8 Å². The number of esters is 1. The number of amides is 2. The van der Waals surface area contributed by atoms with E-state index in [0.29, 0.717) is 11.1 Å². The number of nitrogens with zero attached hydrogens (tertiary/aromatic N) is 1. The molecular formula is C39H37F3N2O8. The second-order valence-corrected chi connectivity index (χ2v) is 12.6. The van der Waals surface area contributed by atoms with Crippen LogP contribution >= 0.6 is 0 Å². The highest BCUT2D eigenvalue weighted by Crippen LogP contribution is 2.33. The van der Waals surface area contributed by atoms with Crippen LogP contribution in [0.3, 0.4) is 0 Å². The molecule has 0 radical (unpaired) electrons. The second-order valence-electron chi connectivity index (χ2n) is 12.6. The molecule has 0 spiro atoms. The van der Waals surface area contributed by atoms with Crippen LogP contribution in [-0.2, 0) is 37.1 Å². The van der Waals surface area contributed by atoms with Gasteiger partial charge in [0.15, 0.2) is 0 Å². The summed E-state index contributed by atoms with van der Waals surface area (Å²) in [6, 6.07) is 21.5. The van der Waals surface area contributed by atoms with Gasteiger partial charge in [0.2, 0.25) is 5.41 Å². The number of anilines is 1. The van der Waals surface area contributed by atoms with Crippen molar-refractivity contribution in [3.05, 3.63) is 125 Å². The van der Waals surface area contributed by atoms with Gasteiger partial charge in [-0.25, -0.2) is 0 Å². The second kappa shape index (κ2) is 15.9. The first-order chi connectivity index (χ1) is 24.5. The molecule has 0 fully saturated rings. The van der Waals surface area contributed by atoms with Gasteiger partial charge in [-0.15, -0.1) is 0 Å². The van der Waals surface area contributed by atoms with Gasteiger partial charge in [-0.1, -0.05) is 66.7 Å². The topological polar surface area (TPSA) is 150 Å². The van der Waals surface area contributed by atoms with E-state index in [0.717, 1.165) is 12.1 Å². The van der Waals surface area contributed by atoms with Gasteiger partial charge >= 0.3 is 24.1 Å². The van der Waals surface area contributed by atoms with Crippen LogP contribution < -0.4 is 5.32 Å². The number of hydrogen-bond acceptors (Lipinski definition) is 6. The van der Waals surface area contributed by atoms with Crippen LogP contribution in [0.25, 0.3) is 11.1 Å². The van der Waals surface area contributed by atoms with E-state index in [1.54, 1.807) is 29.2 Å². The zero-order valence-corrected chi connectivity index (χ0v) is 28.7. The van der Waals surface area contributed by atoms with Gasteiger partial charge in [-0.2, -0.15) is 13.2 Å². The summed E-state index contributed by atoms with van der Waals surface area (Å²) in [4.78, 5) is 66.8. The smallest absolute Gasteiger partial charge is 0.416 e. The van der Waals surface area contributed by atoms with Crippen molar-refractivity contribution in [1.82, 2.24) is 4.90 Å². The van der Waals surface area contributed by atoms with Crippen molar-refractivity contribution < 1.29 is 52.1 Å². The number of carbonyl (C=O) groups excluding carboxylic acids is 3. The molecule has 272 valence electrons. The molecule has 0 saturated heterocycles. The summed E-state index contributed by atoms with van der Waals surface area (Å²) in [5.41, 5.74) is -2.34. The third-order valence-electron chi connectivity index (χ3n) is 8.40. The molecule has 0 saturated carbocycles. The van der Waals surface area contributed by atoms with Crippen LogP contribution in [0.2, 0.25) is 0 Å². The molecule has 0 unspecified atom stereocenters. The van der Waals surface area contributed by atoms with E-state index in [4.69, 9.17) is 4.74 Å². The molecule has 10 nitrogen and oxygen atoms in total. The van der Waals surface area contributed by atoms with Crippen LogP contribution in [0, 0.1) is 0 Å². The first-order valence-electron chi connectivity index (χ1n) is 16.2. The number of carboxylic acid groups (broad SMARTS) is 2. The third-order valence-corrected chi connectivity index (χ3v) is 8.40. The average Bonchev–Trinajstić information content (AvgIpc) is 3.08. The molecule has 4 aromatic carbocycles. The molecule has 0 aliphatic carbocycles. The highest BCUT2D eigenvalue weighted by atomic mass is 19.4. The molecule has 13 heteroatoms. The Morgan fingerprint density at radius 3 is 1.87 bits per heavy atom. The van der Waals surface area contributed by atoms with Gasteiger partial charge in [0.1, 0.15) is 6.61 Å². The fourth-order valence-electron chi connectivity index (χ4n) is 5.83. The van der Waals surface area contributed by atoms with Crippen LogP contribution in [0.5, 0.6) is 0 Å². The number of ether oxygens (including phenoxy) is 1. The number of aliphatic carboxylic acids is 2. The normalized spacial score (nSPS) is 11.6. The number of hydrogen-bond donors (Lipinski definition) is 3. The Balaban J connectivity index is 1.66.